The number of phenolic OH excluding ortho intramolecular Hbond substituents is 1. The molecule has 4 atom stereocenters. The van der Waals surface area contributed by atoms with E-state index in [1.807, 2.05) is 18.2 Å². The zero-order chi connectivity index (χ0) is 30.8. The highest BCUT2D eigenvalue weighted by molar-refractivity contribution is 7.80. The third kappa shape index (κ3) is 8.97. The van der Waals surface area contributed by atoms with E-state index < -0.39 is 60.2 Å². The predicted molar refractivity (Wildman–Crippen MR) is 156 cm³/mol. The maximum Gasteiger partial charge on any atom is 0.326 e. The van der Waals surface area contributed by atoms with Crippen molar-refractivity contribution in [1.29, 1.82) is 0 Å². The highest BCUT2D eigenvalue weighted by atomic mass is 32.1. The summed E-state index contributed by atoms with van der Waals surface area (Å²) in [6.07, 6.45) is 0.766. The van der Waals surface area contributed by atoms with Gasteiger partial charge in [-0.3, -0.25) is 19.2 Å². The van der Waals surface area contributed by atoms with E-state index in [4.69, 9.17) is 10.8 Å². The molecular formula is C28H33N5O8S. The number of aromatic hydroxyl groups is 1. The first-order valence-corrected chi connectivity index (χ1v) is 13.7. The minimum Gasteiger partial charge on any atom is -0.508 e. The molecule has 3 rings (SSSR count). The number of phenols is 1. The molecule has 0 aliphatic carbocycles. The Hall–Kier alpha value is -4.56. The van der Waals surface area contributed by atoms with Crippen molar-refractivity contribution in [3.8, 4) is 5.75 Å². The number of rotatable bonds is 15. The number of aliphatic carboxylic acids is 2. The van der Waals surface area contributed by atoms with Gasteiger partial charge in [0.1, 0.15) is 23.9 Å². The van der Waals surface area contributed by atoms with Crippen LogP contribution in [0.4, 0.5) is 0 Å². The number of hydrogen-bond acceptors (Lipinski definition) is 8. The summed E-state index contributed by atoms with van der Waals surface area (Å²) >= 11 is 3.97. The summed E-state index contributed by atoms with van der Waals surface area (Å²) in [6.45, 7) is 0. The van der Waals surface area contributed by atoms with E-state index in [1.165, 1.54) is 24.3 Å². The number of aromatic amines is 1. The number of H-pyrrole nitrogens is 1. The fourth-order valence-corrected chi connectivity index (χ4v) is 4.41. The molecule has 13 nitrogen and oxygen atoms in total. The second-order valence-electron chi connectivity index (χ2n) is 9.68. The number of hydrogen-bond donors (Lipinski definition) is 9. The monoisotopic (exact) mass is 599 g/mol. The minimum absolute atomic E-state index is 0.00367. The van der Waals surface area contributed by atoms with Gasteiger partial charge in [-0.1, -0.05) is 30.3 Å². The number of carbonyl (C=O) groups is 5. The first kappa shape index (κ1) is 32.0. The molecular weight excluding hydrogens is 566 g/mol. The third-order valence-corrected chi connectivity index (χ3v) is 6.93. The molecule has 3 amide bonds. The van der Waals surface area contributed by atoms with E-state index in [1.54, 1.807) is 12.3 Å². The van der Waals surface area contributed by atoms with E-state index in [9.17, 15) is 34.2 Å². The molecule has 4 unspecified atom stereocenters. The van der Waals surface area contributed by atoms with Crippen LogP contribution in [-0.2, 0) is 36.8 Å². The van der Waals surface area contributed by atoms with Gasteiger partial charge >= 0.3 is 11.9 Å². The van der Waals surface area contributed by atoms with Crippen molar-refractivity contribution < 1.29 is 39.3 Å². The van der Waals surface area contributed by atoms with Crippen molar-refractivity contribution in [2.24, 2.45) is 5.73 Å². The molecule has 3 aromatic rings. The Kier molecular flexibility index (Phi) is 11.3. The topological polar surface area (TPSA) is 224 Å². The fraction of sp³-hybridized carbons (Fsp3) is 0.321. The highest BCUT2D eigenvalue weighted by Crippen LogP contribution is 2.20. The Bertz CT molecular complexity index is 1430. The molecule has 0 saturated heterocycles. The molecule has 9 N–H and O–H groups in total. The number of carbonyl (C=O) groups excluding carboxylic acids is 3. The van der Waals surface area contributed by atoms with E-state index in [2.05, 4.69) is 33.6 Å². The first-order chi connectivity index (χ1) is 20.0. The van der Waals surface area contributed by atoms with Crippen LogP contribution in [0.15, 0.2) is 54.7 Å². The Morgan fingerprint density at radius 1 is 0.833 bits per heavy atom. The number of para-hydroxylation sites is 1. The number of carboxylic acids is 2. The summed E-state index contributed by atoms with van der Waals surface area (Å²) in [5.74, 6) is -4.93. The summed E-state index contributed by atoms with van der Waals surface area (Å²) < 4.78 is 0. The Morgan fingerprint density at radius 2 is 1.45 bits per heavy atom. The number of fused-ring (bicyclic) bond motifs is 1. The van der Waals surface area contributed by atoms with Gasteiger partial charge in [-0.05, 0) is 35.7 Å². The molecule has 0 spiro atoms. The lowest BCUT2D eigenvalue weighted by Gasteiger charge is -2.25. The lowest BCUT2D eigenvalue weighted by Crippen LogP contribution is -2.58. The van der Waals surface area contributed by atoms with Crippen molar-refractivity contribution in [2.75, 3.05) is 5.75 Å². The summed E-state index contributed by atoms with van der Waals surface area (Å²) in [5.41, 5.74) is 7.66. The number of carboxylic acid groups (broad SMARTS) is 2. The molecule has 42 heavy (non-hydrogen) atoms. The third-order valence-electron chi connectivity index (χ3n) is 6.54. The average molecular weight is 600 g/mol. The van der Waals surface area contributed by atoms with E-state index in [0.717, 1.165) is 10.9 Å². The normalized spacial score (nSPS) is 13.9. The summed E-state index contributed by atoms with van der Waals surface area (Å²) in [7, 11) is 0. The second kappa shape index (κ2) is 14.9. The molecule has 0 bridgehead atoms. The standard InChI is InChI=1S/C28H33N5O8S/c29-19(14-42)25(37)31-21(9-10-24(35)36)26(38)32-22(12-16-13-30-20-4-2-1-3-18(16)20)27(39)33-23(28(40)41)11-15-5-7-17(34)8-6-15/h1-8,13,19,21-23,30,34,42H,9-12,14,29H2,(H,31,37)(H,32,38)(H,33,39)(H,35,36)(H,40,41). The molecule has 0 aliphatic rings. The van der Waals surface area contributed by atoms with Crippen LogP contribution in [-0.4, -0.2) is 79.9 Å². The van der Waals surface area contributed by atoms with Crippen molar-refractivity contribution in [2.45, 2.75) is 49.9 Å². The molecule has 1 heterocycles. The van der Waals surface area contributed by atoms with Crippen LogP contribution in [0, 0.1) is 0 Å². The molecule has 2 aromatic carbocycles. The zero-order valence-electron chi connectivity index (χ0n) is 22.4. The second-order valence-corrected chi connectivity index (χ2v) is 10.0. The van der Waals surface area contributed by atoms with Gasteiger partial charge in [0.2, 0.25) is 17.7 Å². The summed E-state index contributed by atoms with van der Waals surface area (Å²) in [4.78, 5) is 65.6. The minimum atomic E-state index is -1.37. The molecule has 0 radical (unpaired) electrons. The number of thiol groups is 1. The van der Waals surface area contributed by atoms with Crippen LogP contribution in [0.3, 0.4) is 0 Å². The zero-order valence-corrected chi connectivity index (χ0v) is 23.3. The molecule has 0 fully saturated rings. The van der Waals surface area contributed by atoms with E-state index >= 15 is 0 Å². The maximum atomic E-state index is 13.5. The van der Waals surface area contributed by atoms with Crippen LogP contribution < -0.4 is 21.7 Å². The van der Waals surface area contributed by atoms with Gasteiger partial charge in [0, 0.05) is 42.1 Å². The molecule has 0 saturated carbocycles. The Labute approximate surface area is 246 Å². The lowest BCUT2D eigenvalue weighted by atomic mass is 10.0. The SMILES string of the molecule is NC(CS)C(=O)NC(CCC(=O)O)C(=O)NC(Cc1c[nH]c2ccccc12)C(=O)NC(Cc1ccc(O)cc1)C(=O)O. The van der Waals surface area contributed by atoms with Crippen LogP contribution in [0.5, 0.6) is 5.75 Å². The van der Waals surface area contributed by atoms with Crippen molar-refractivity contribution in [1.82, 2.24) is 20.9 Å². The predicted octanol–water partition coefficient (Wildman–Crippen LogP) is 0.320. The Morgan fingerprint density at radius 3 is 2.10 bits per heavy atom. The highest BCUT2D eigenvalue weighted by Gasteiger charge is 2.31. The maximum absolute atomic E-state index is 13.5. The first-order valence-electron chi connectivity index (χ1n) is 13.0. The smallest absolute Gasteiger partial charge is 0.326 e. The van der Waals surface area contributed by atoms with Crippen molar-refractivity contribution >= 4 is 53.2 Å². The molecule has 0 aliphatic heterocycles. The van der Waals surface area contributed by atoms with Crippen molar-refractivity contribution in [3.05, 3.63) is 65.9 Å². The van der Waals surface area contributed by atoms with Crippen LogP contribution >= 0.6 is 12.6 Å². The largest absolute Gasteiger partial charge is 0.508 e. The number of benzene rings is 2. The number of nitrogens with two attached hydrogens (primary N) is 1. The van der Waals surface area contributed by atoms with Gasteiger partial charge in [-0.25, -0.2) is 4.79 Å². The lowest BCUT2D eigenvalue weighted by molar-refractivity contribution is -0.142. The number of amides is 3. The summed E-state index contributed by atoms with van der Waals surface area (Å²) in [5, 5.41) is 36.7. The van der Waals surface area contributed by atoms with Crippen LogP contribution in [0.2, 0.25) is 0 Å². The van der Waals surface area contributed by atoms with Gasteiger partial charge in [0.25, 0.3) is 0 Å². The van der Waals surface area contributed by atoms with Crippen LogP contribution in [0.1, 0.15) is 24.0 Å². The van der Waals surface area contributed by atoms with E-state index in [-0.39, 0.29) is 30.8 Å². The van der Waals surface area contributed by atoms with Gasteiger partial charge in [-0.2, -0.15) is 12.6 Å². The molecule has 14 heteroatoms. The van der Waals surface area contributed by atoms with Crippen molar-refractivity contribution in [3.63, 3.8) is 0 Å². The van der Waals surface area contributed by atoms with Gasteiger partial charge in [0.05, 0.1) is 6.04 Å². The van der Waals surface area contributed by atoms with Gasteiger partial charge in [0.15, 0.2) is 0 Å². The number of aromatic nitrogens is 1. The van der Waals surface area contributed by atoms with Crippen LogP contribution in [0.25, 0.3) is 10.9 Å². The van der Waals surface area contributed by atoms with E-state index in [0.29, 0.717) is 11.1 Å². The molecule has 1 aromatic heterocycles. The fourth-order valence-electron chi connectivity index (χ4n) is 4.24. The van der Waals surface area contributed by atoms with Gasteiger partial charge < -0.3 is 42.0 Å². The molecule has 224 valence electrons. The van der Waals surface area contributed by atoms with Gasteiger partial charge in [-0.15, -0.1) is 0 Å². The Balaban J connectivity index is 1.87. The summed E-state index contributed by atoms with van der Waals surface area (Å²) in [6, 6.07) is 8.00. The average Bonchev–Trinajstić information content (AvgIpc) is 3.37. The quantitative estimate of drug-likeness (QED) is 0.110. The number of nitrogens with one attached hydrogen (secondary N) is 4.